The Balaban J connectivity index is 1.83. The number of Topliss-reactive ketones (excluding diaryl/α,β-unsaturated/α-hetero) is 1. The first-order valence-electron chi connectivity index (χ1n) is 11.7. The molecule has 1 aliphatic heterocycles. The van der Waals surface area contributed by atoms with Crippen LogP contribution in [0.15, 0.2) is 72.3 Å². The summed E-state index contributed by atoms with van der Waals surface area (Å²) in [7, 11) is 1.54. The smallest absolute Gasteiger partial charge is 0.300 e. The Morgan fingerprint density at radius 3 is 2.22 bits per heavy atom. The van der Waals surface area contributed by atoms with Crippen LogP contribution >= 0.6 is 0 Å². The van der Waals surface area contributed by atoms with Crippen LogP contribution in [0.5, 0.6) is 11.5 Å². The van der Waals surface area contributed by atoms with Crippen LogP contribution < -0.4 is 14.4 Å². The van der Waals surface area contributed by atoms with Crippen molar-refractivity contribution in [2.24, 2.45) is 5.92 Å². The largest absolute Gasteiger partial charge is 0.507 e. The third-order valence-electron chi connectivity index (χ3n) is 6.01. The Bertz CT molecular complexity index is 1310. The van der Waals surface area contributed by atoms with Crippen molar-refractivity contribution in [1.82, 2.24) is 0 Å². The number of hydrogen-bond acceptors (Lipinski definition) is 5. The fourth-order valence-electron chi connectivity index (χ4n) is 4.11. The molecule has 0 bridgehead atoms. The van der Waals surface area contributed by atoms with E-state index in [9.17, 15) is 19.1 Å². The minimum atomic E-state index is -0.899. The number of carbonyl (C=O) groups is 2. The van der Waals surface area contributed by atoms with Gasteiger partial charge in [0.15, 0.2) is 0 Å². The third-order valence-corrected chi connectivity index (χ3v) is 6.01. The summed E-state index contributed by atoms with van der Waals surface area (Å²) >= 11 is 0. The Hall–Kier alpha value is -4.13. The van der Waals surface area contributed by atoms with E-state index in [2.05, 4.69) is 0 Å². The SMILES string of the molecule is COc1ccc(C2/C(=C(/O)c3ccc(F)c(C)c3)C(=O)C(=O)N2c2ccc(OCC(C)C)cc2)cc1. The van der Waals surface area contributed by atoms with Gasteiger partial charge in [-0.25, -0.2) is 4.39 Å². The van der Waals surface area contributed by atoms with Crippen molar-refractivity contribution in [3.05, 3.63) is 94.8 Å². The van der Waals surface area contributed by atoms with Gasteiger partial charge in [-0.15, -0.1) is 0 Å². The lowest BCUT2D eigenvalue weighted by Crippen LogP contribution is -2.29. The zero-order valence-corrected chi connectivity index (χ0v) is 20.6. The highest BCUT2D eigenvalue weighted by Crippen LogP contribution is 2.43. The molecule has 1 unspecified atom stereocenters. The molecule has 4 rings (SSSR count). The van der Waals surface area contributed by atoms with Crippen LogP contribution in [0.4, 0.5) is 10.1 Å². The first kappa shape index (κ1) is 25.0. The second kappa shape index (κ2) is 10.2. The molecule has 0 radical (unpaired) electrons. The highest BCUT2D eigenvalue weighted by atomic mass is 19.1. The number of hydrogen-bond donors (Lipinski definition) is 1. The second-order valence-corrected chi connectivity index (χ2v) is 9.10. The Morgan fingerprint density at radius 1 is 1.00 bits per heavy atom. The molecule has 1 heterocycles. The number of methoxy groups -OCH3 is 1. The maximum atomic E-state index is 13.9. The fourth-order valence-corrected chi connectivity index (χ4v) is 4.11. The molecule has 186 valence electrons. The van der Waals surface area contributed by atoms with Gasteiger partial charge in [0.25, 0.3) is 11.7 Å². The van der Waals surface area contributed by atoms with E-state index in [1.807, 2.05) is 13.8 Å². The highest BCUT2D eigenvalue weighted by molar-refractivity contribution is 6.51. The molecular formula is C29H28FNO5. The van der Waals surface area contributed by atoms with Crippen LogP contribution in [0, 0.1) is 18.7 Å². The maximum Gasteiger partial charge on any atom is 0.300 e. The van der Waals surface area contributed by atoms with Crippen LogP contribution in [0.25, 0.3) is 5.76 Å². The molecule has 1 fully saturated rings. The lowest BCUT2D eigenvalue weighted by atomic mass is 9.94. The van der Waals surface area contributed by atoms with Gasteiger partial charge in [0.05, 0.1) is 25.3 Å². The van der Waals surface area contributed by atoms with Crippen molar-refractivity contribution < 1.29 is 28.6 Å². The average Bonchev–Trinajstić information content (AvgIpc) is 3.14. The van der Waals surface area contributed by atoms with E-state index in [0.717, 1.165) is 0 Å². The number of carbonyl (C=O) groups excluding carboxylic acids is 2. The highest BCUT2D eigenvalue weighted by Gasteiger charge is 2.47. The summed E-state index contributed by atoms with van der Waals surface area (Å²) in [5.74, 6) is -0.784. The van der Waals surface area contributed by atoms with E-state index >= 15 is 0 Å². The van der Waals surface area contributed by atoms with Gasteiger partial charge < -0.3 is 14.6 Å². The molecule has 1 N–H and O–H groups in total. The normalized spacial score (nSPS) is 17.1. The zero-order valence-electron chi connectivity index (χ0n) is 20.6. The molecule has 0 aromatic heterocycles. The topological polar surface area (TPSA) is 76.1 Å². The van der Waals surface area contributed by atoms with E-state index in [-0.39, 0.29) is 16.9 Å². The van der Waals surface area contributed by atoms with E-state index in [0.29, 0.717) is 40.8 Å². The lowest BCUT2D eigenvalue weighted by Gasteiger charge is -2.26. The zero-order chi connectivity index (χ0) is 26.0. The molecule has 1 saturated heterocycles. The molecule has 0 saturated carbocycles. The molecule has 1 atom stereocenters. The number of aryl methyl sites for hydroxylation is 1. The number of aliphatic hydroxyl groups excluding tert-OH is 1. The minimum Gasteiger partial charge on any atom is -0.507 e. The van der Waals surface area contributed by atoms with Gasteiger partial charge in [-0.2, -0.15) is 0 Å². The Kier molecular flexibility index (Phi) is 7.10. The summed E-state index contributed by atoms with van der Waals surface area (Å²) in [6, 6.07) is 17.0. The van der Waals surface area contributed by atoms with Gasteiger partial charge in [0, 0.05) is 11.3 Å². The molecule has 0 aliphatic carbocycles. The Morgan fingerprint density at radius 2 is 1.64 bits per heavy atom. The van der Waals surface area contributed by atoms with Gasteiger partial charge in [-0.3, -0.25) is 14.5 Å². The van der Waals surface area contributed by atoms with Gasteiger partial charge in [0.1, 0.15) is 23.1 Å². The molecular weight excluding hydrogens is 461 g/mol. The molecule has 36 heavy (non-hydrogen) atoms. The molecule has 3 aromatic rings. The van der Waals surface area contributed by atoms with Gasteiger partial charge >= 0.3 is 0 Å². The fraction of sp³-hybridized carbons (Fsp3) is 0.241. The monoisotopic (exact) mass is 489 g/mol. The number of ether oxygens (including phenoxy) is 2. The molecule has 7 heteroatoms. The lowest BCUT2D eigenvalue weighted by molar-refractivity contribution is -0.132. The summed E-state index contributed by atoms with van der Waals surface area (Å²) in [5, 5.41) is 11.2. The molecule has 3 aromatic carbocycles. The van der Waals surface area contributed by atoms with Crippen molar-refractivity contribution in [2.45, 2.75) is 26.8 Å². The molecule has 0 spiro atoms. The van der Waals surface area contributed by atoms with Gasteiger partial charge in [0.2, 0.25) is 0 Å². The summed E-state index contributed by atoms with van der Waals surface area (Å²) < 4.78 is 24.8. The van der Waals surface area contributed by atoms with Crippen molar-refractivity contribution in [2.75, 3.05) is 18.6 Å². The Labute approximate surface area is 209 Å². The van der Waals surface area contributed by atoms with E-state index in [4.69, 9.17) is 9.47 Å². The molecule has 6 nitrogen and oxygen atoms in total. The number of halogens is 1. The first-order valence-corrected chi connectivity index (χ1v) is 11.7. The number of nitrogens with zero attached hydrogens (tertiary/aromatic N) is 1. The average molecular weight is 490 g/mol. The maximum absolute atomic E-state index is 13.9. The van der Waals surface area contributed by atoms with Gasteiger partial charge in [-0.05, 0) is 78.6 Å². The number of amides is 1. The molecule has 1 aliphatic rings. The summed E-state index contributed by atoms with van der Waals surface area (Å²) in [5.41, 5.74) is 1.57. The number of benzene rings is 3. The summed E-state index contributed by atoms with van der Waals surface area (Å²) in [6.45, 7) is 6.21. The molecule has 1 amide bonds. The number of anilines is 1. The number of aliphatic hydroxyl groups is 1. The number of ketones is 1. The second-order valence-electron chi connectivity index (χ2n) is 9.10. The number of rotatable bonds is 7. The van der Waals surface area contributed by atoms with Crippen molar-refractivity contribution >= 4 is 23.1 Å². The van der Waals surface area contributed by atoms with Crippen molar-refractivity contribution in [3.8, 4) is 11.5 Å². The van der Waals surface area contributed by atoms with Crippen LogP contribution in [-0.4, -0.2) is 30.5 Å². The predicted octanol–water partition coefficient (Wildman–Crippen LogP) is 5.80. The van der Waals surface area contributed by atoms with Crippen molar-refractivity contribution in [1.29, 1.82) is 0 Å². The predicted molar refractivity (Wildman–Crippen MR) is 136 cm³/mol. The quantitative estimate of drug-likeness (QED) is 0.258. The first-order chi connectivity index (χ1) is 17.2. The van der Waals surface area contributed by atoms with Crippen LogP contribution in [-0.2, 0) is 9.59 Å². The minimum absolute atomic E-state index is 0.0729. The van der Waals surface area contributed by atoms with E-state index < -0.39 is 23.5 Å². The van der Waals surface area contributed by atoms with Crippen molar-refractivity contribution in [3.63, 3.8) is 0 Å². The van der Waals surface area contributed by atoms with Crippen LogP contribution in [0.1, 0.15) is 36.6 Å². The summed E-state index contributed by atoms with van der Waals surface area (Å²) in [4.78, 5) is 27.9. The standard InChI is InChI=1S/C29H28FNO5/c1-17(2)16-36-23-12-8-21(9-13-23)31-26(19-5-10-22(35-4)11-6-19)25(28(33)29(31)34)27(32)20-7-14-24(30)18(3)15-20/h5-15,17,26,32H,16H2,1-4H3/b27-25-. The van der Waals surface area contributed by atoms with Crippen LogP contribution in [0.3, 0.4) is 0 Å². The van der Waals surface area contributed by atoms with E-state index in [1.165, 1.54) is 23.1 Å². The van der Waals surface area contributed by atoms with Gasteiger partial charge in [-0.1, -0.05) is 26.0 Å². The summed E-state index contributed by atoms with van der Waals surface area (Å²) in [6.07, 6.45) is 0. The van der Waals surface area contributed by atoms with Crippen LogP contribution in [0.2, 0.25) is 0 Å². The van der Waals surface area contributed by atoms with E-state index in [1.54, 1.807) is 62.6 Å². The third kappa shape index (κ3) is 4.82.